The summed E-state index contributed by atoms with van der Waals surface area (Å²) in [4.78, 5) is 0. The molecule has 0 heterocycles. The fourth-order valence-electron chi connectivity index (χ4n) is 1.75. The van der Waals surface area contributed by atoms with Crippen molar-refractivity contribution in [2.45, 2.75) is 24.8 Å². The third-order valence-electron chi connectivity index (χ3n) is 2.84. The van der Waals surface area contributed by atoms with Crippen molar-refractivity contribution in [3.8, 4) is 5.75 Å². The van der Waals surface area contributed by atoms with Gasteiger partial charge in [0.1, 0.15) is 0 Å². The molecule has 0 unspecified atom stereocenters. The maximum absolute atomic E-state index is 13.4. The van der Waals surface area contributed by atoms with Gasteiger partial charge in [-0.25, -0.2) is 4.39 Å². The Morgan fingerprint density at radius 2 is 1.86 bits per heavy atom. The van der Waals surface area contributed by atoms with Crippen LogP contribution in [0.3, 0.4) is 0 Å². The lowest BCUT2D eigenvalue weighted by atomic mass is 9.72. The monoisotopic (exact) mass is 199 g/mol. The van der Waals surface area contributed by atoms with E-state index in [0.717, 1.165) is 12.5 Å². The van der Waals surface area contributed by atoms with Gasteiger partial charge in [-0.15, -0.1) is 0 Å². The molecule has 2 nitrogen and oxygen atoms in total. The summed E-state index contributed by atoms with van der Waals surface area (Å²) < 4.78 is 26.4. The van der Waals surface area contributed by atoms with E-state index < -0.39 is 22.9 Å². The molecule has 1 aromatic carbocycles. The number of hydrogen-bond acceptors (Lipinski definition) is 2. The largest absolute Gasteiger partial charge is 0.505 e. The van der Waals surface area contributed by atoms with Crippen molar-refractivity contribution in [3.63, 3.8) is 0 Å². The molecule has 1 aromatic rings. The average Bonchev–Trinajstić information content (AvgIpc) is 2.11. The zero-order valence-electron chi connectivity index (χ0n) is 7.56. The molecule has 14 heavy (non-hydrogen) atoms. The Labute approximate surface area is 80.4 Å². The van der Waals surface area contributed by atoms with Gasteiger partial charge < -0.3 is 10.8 Å². The molecule has 1 aliphatic rings. The molecular formula is C10H11F2NO. The molecule has 0 radical (unpaired) electrons. The topological polar surface area (TPSA) is 46.2 Å². The Bertz CT molecular complexity index is 375. The minimum Gasteiger partial charge on any atom is -0.505 e. The van der Waals surface area contributed by atoms with Crippen LogP contribution in [0.5, 0.6) is 5.75 Å². The van der Waals surface area contributed by atoms with Crippen molar-refractivity contribution in [2.75, 3.05) is 0 Å². The Kier molecular flexibility index (Phi) is 1.96. The molecule has 0 bridgehead atoms. The smallest absolute Gasteiger partial charge is 0.200 e. The van der Waals surface area contributed by atoms with Crippen molar-refractivity contribution < 1.29 is 13.9 Å². The van der Waals surface area contributed by atoms with E-state index in [1.165, 1.54) is 6.07 Å². The maximum atomic E-state index is 13.4. The van der Waals surface area contributed by atoms with Crippen molar-refractivity contribution in [1.29, 1.82) is 0 Å². The summed E-state index contributed by atoms with van der Waals surface area (Å²) in [6.07, 6.45) is 2.25. The summed E-state index contributed by atoms with van der Waals surface area (Å²) in [7, 11) is 0. The first-order valence-corrected chi connectivity index (χ1v) is 4.51. The molecule has 2 rings (SSSR count). The van der Waals surface area contributed by atoms with E-state index in [4.69, 9.17) is 10.8 Å². The SMILES string of the molecule is NC1(c2ccc(O)c(F)c2F)CCC1. The molecule has 4 heteroatoms. The second kappa shape index (κ2) is 2.92. The van der Waals surface area contributed by atoms with E-state index in [1.54, 1.807) is 0 Å². The molecule has 0 spiro atoms. The summed E-state index contributed by atoms with van der Waals surface area (Å²) in [5.41, 5.74) is 5.28. The van der Waals surface area contributed by atoms with Crippen LogP contribution in [0.15, 0.2) is 12.1 Å². The highest BCUT2D eigenvalue weighted by atomic mass is 19.2. The molecular weight excluding hydrogens is 188 g/mol. The van der Waals surface area contributed by atoms with Crippen LogP contribution in [0.25, 0.3) is 0 Å². The normalized spacial score (nSPS) is 19.1. The van der Waals surface area contributed by atoms with Crippen LogP contribution >= 0.6 is 0 Å². The van der Waals surface area contributed by atoms with Crippen LogP contribution in [0.2, 0.25) is 0 Å². The van der Waals surface area contributed by atoms with E-state index in [1.807, 2.05) is 0 Å². The molecule has 1 aliphatic carbocycles. The van der Waals surface area contributed by atoms with Gasteiger partial charge in [0.25, 0.3) is 0 Å². The van der Waals surface area contributed by atoms with Gasteiger partial charge in [0.2, 0.25) is 5.82 Å². The Hall–Kier alpha value is -1.16. The molecule has 0 amide bonds. The number of halogens is 2. The fraction of sp³-hybridized carbons (Fsp3) is 0.400. The van der Waals surface area contributed by atoms with E-state index in [-0.39, 0.29) is 5.56 Å². The molecule has 1 fully saturated rings. The third-order valence-corrected chi connectivity index (χ3v) is 2.84. The first-order valence-electron chi connectivity index (χ1n) is 4.51. The molecule has 0 aromatic heterocycles. The standard InChI is InChI=1S/C10H11F2NO/c11-8-6(10(13)4-1-5-10)2-3-7(14)9(8)12/h2-3,14H,1,4-5,13H2. The van der Waals surface area contributed by atoms with E-state index in [0.29, 0.717) is 12.8 Å². The van der Waals surface area contributed by atoms with Crippen molar-refractivity contribution in [1.82, 2.24) is 0 Å². The summed E-state index contributed by atoms with van der Waals surface area (Å²) in [5, 5.41) is 8.93. The van der Waals surface area contributed by atoms with Gasteiger partial charge in [-0.1, -0.05) is 6.07 Å². The second-order valence-corrected chi connectivity index (χ2v) is 3.77. The van der Waals surface area contributed by atoms with Gasteiger partial charge in [0.15, 0.2) is 11.6 Å². The zero-order chi connectivity index (χ0) is 10.3. The molecule has 0 aliphatic heterocycles. The van der Waals surface area contributed by atoms with Crippen molar-refractivity contribution in [2.24, 2.45) is 5.73 Å². The highest BCUT2D eigenvalue weighted by Crippen LogP contribution is 2.41. The lowest BCUT2D eigenvalue weighted by Crippen LogP contribution is -2.44. The quantitative estimate of drug-likeness (QED) is 0.726. The minimum atomic E-state index is -1.21. The number of phenols is 1. The molecule has 1 saturated carbocycles. The fourth-order valence-corrected chi connectivity index (χ4v) is 1.75. The van der Waals surface area contributed by atoms with E-state index in [9.17, 15) is 8.78 Å². The van der Waals surface area contributed by atoms with E-state index >= 15 is 0 Å². The lowest BCUT2D eigenvalue weighted by Gasteiger charge is -2.38. The summed E-state index contributed by atoms with van der Waals surface area (Å²) in [6.45, 7) is 0. The van der Waals surface area contributed by atoms with Gasteiger partial charge in [-0.2, -0.15) is 4.39 Å². The highest BCUT2D eigenvalue weighted by molar-refractivity contribution is 5.35. The summed E-state index contributed by atoms with van der Waals surface area (Å²) in [5.74, 6) is -2.90. The number of nitrogens with two attached hydrogens (primary N) is 1. The maximum Gasteiger partial charge on any atom is 0.200 e. The van der Waals surface area contributed by atoms with Crippen LogP contribution < -0.4 is 5.73 Å². The number of hydrogen-bond donors (Lipinski definition) is 2. The lowest BCUT2D eigenvalue weighted by molar-refractivity contribution is 0.241. The second-order valence-electron chi connectivity index (χ2n) is 3.77. The Morgan fingerprint density at radius 3 is 2.36 bits per heavy atom. The van der Waals surface area contributed by atoms with Gasteiger partial charge in [0, 0.05) is 11.1 Å². The van der Waals surface area contributed by atoms with Gasteiger partial charge in [-0.05, 0) is 25.3 Å². The third kappa shape index (κ3) is 1.18. The summed E-state index contributed by atoms with van der Waals surface area (Å²) >= 11 is 0. The number of phenolic OH excluding ortho intramolecular Hbond substituents is 1. The van der Waals surface area contributed by atoms with Crippen LogP contribution in [-0.4, -0.2) is 5.11 Å². The van der Waals surface area contributed by atoms with Gasteiger partial charge in [0.05, 0.1) is 0 Å². The highest BCUT2D eigenvalue weighted by Gasteiger charge is 2.37. The molecule has 3 N–H and O–H groups in total. The molecule has 76 valence electrons. The van der Waals surface area contributed by atoms with E-state index in [2.05, 4.69) is 0 Å². The Balaban J connectivity index is 2.49. The Morgan fingerprint density at radius 1 is 1.21 bits per heavy atom. The number of rotatable bonds is 1. The number of aromatic hydroxyl groups is 1. The summed E-state index contributed by atoms with van der Waals surface area (Å²) in [6, 6.07) is 2.49. The minimum absolute atomic E-state index is 0.166. The molecule has 0 saturated heterocycles. The first-order chi connectivity index (χ1) is 6.54. The van der Waals surface area contributed by atoms with Gasteiger partial charge in [-0.3, -0.25) is 0 Å². The zero-order valence-corrected chi connectivity index (χ0v) is 7.56. The van der Waals surface area contributed by atoms with Crippen molar-refractivity contribution in [3.05, 3.63) is 29.3 Å². The first kappa shape index (κ1) is 9.40. The predicted molar refractivity (Wildman–Crippen MR) is 47.7 cm³/mol. The predicted octanol–water partition coefficient (Wildman–Crippen LogP) is 2.01. The van der Waals surface area contributed by atoms with Crippen LogP contribution in [0.1, 0.15) is 24.8 Å². The van der Waals surface area contributed by atoms with Crippen LogP contribution in [0, 0.1) is 11.6 Å². The van der Waals surface area contributed by atoms with Crippen LogP contribution in [-0.2, 0) is 5.54 Å². The molecule has 0 atom stereocenters. The van der Waals surface area contributed by atoms with Gasteiger partial charge >= 0.3 is 0 Å². The number of benzene rings is 1. The van der Waals surface area contributed by atoms with Crippen LogP contribution in [0.4, 0.5) is 8.78 Å². The average molecular weight is 199 g/mol. The van der Waals surface area contributed by atoms with Crippen molar-refractivity contribution >= 4 is 0 Å².